The van der Waals surface area contributed by atoms with E-state index in [0.717, 1.165) is 37.6 Å². The predicted molar refractivity (Wildman–Crippen MR) is 55.7 cm³/mol. The summed E-state index contributed by atoms with van der Waals surface area (Å²) in [6.45, 7) is 5.79. The fourth-order valence-corrected chi connectivity index (χ4v) is 1.69. The van der Waals surface area contributed by atoms with E-state index in [9.17, 15) is 4.79 Å². The Hall–Kier alpha value is -1.20. The summed E-state index contributed by atoms with van der Waals surface area (Å²) in [6, 6.07) is 0. The molecule has 2 rings (SSSR count). The third-order valence-electron chi connectivity index (χ3n) is 2.65. The number of hydrogen-bond acceptors (Lipinski definition) is 4. The van der Waals surface area contributed by atoms with Gasteiger partial charge in [-0.05, 0) is 6.92 Å². The standard InChI is InChI=1S/C10H15N3O2/c1-8-9(10(14)12-7-11-8)6-13-2-4-15-5-3-13/h7H,2-6H2,1H3,(H,11,12,14). The molecular formula is C10H15N3O2. The monoisotopic (exact) mass is 209 g/mol. The van der Waals surface area contributed by atoms with Gasteiger partial charge in [-0.15, -0.1) is 0 Å². The van der Waals surface area contributed by atoms with E-state index in [1.54, 1.807) is 0 Å². The average molecular weight is 209 g/mol. The fourth-order valence-electron chi connectivity index (χ4n) is 1.69. The molecule has 0 spiro atoms. The lowest BCUT2D eigenvalue weighted by atomic mass is 10.2. The van der Waals surface area contributed by atoms with Crippen molar-refractivity contribution in [2.24, 2.45) is 0 Å². The summed E-state index contributed by atoms with van der Waals surface area (Å²) in [4.78, 5) is 20.5. The predicted octanol–water partition coefficient (Wildman–Crippen LogP) is -0.0895. The number of hydrogen-bond donors (Lipinski definition) is 1. The minimum absolute atomic E-state index is 0.0333. The van der Waals surface area contributed by atoms with Crippen LogP contribution in [0.5, 0.6) is 0 Å². The van der Waals surface area contributed by atoms with Crippen LogP contribution in [0.1, 0.15) is 11.3 Å². The normalized spacial score (nSPS) is 17.9. The van der Waals surface area contributed by atoms with Crippen LogP contribution in [-0.4, -0.2) is 41.2 Å². The van der Waals surface area contributed by atoms with Gasteiger partial charge in [0.2, 0.25) is 0 Å². The quantitative estimate of drug-likeness (QED) is 0.739. The number of morpholine rings is 1. The number of aromatic amines is 1. The van der Waals surface area contributed by atoms with Crippen LogP contribution in [0.3, 0.4) is 0 Å². The van der Waals surface area contributed by atoms with Gasteiger partial charge in [0.1, 0.15) is 0 Å². The number of aryl methyl sites for hydroxylation is 1. The number of nitrogens with zero attached hydrogens (tertiary/aromatic N) is 2. The maximum atomic E-state index is 11.6. The summed E-state index contributed by atoms with van der Waals surface area (Å²) in [6.07, 6.45) is 1.44. The molecule has 82 valence electrons. The first-order valence-electron chi connectivity index (χ1n) is 5.10. The molecule has 1 aliphatic heterocycles. The largest absolute Gasteiger partial charge is 0.379 e. The van der Waals surface area contributed by atoms with Crippen molar-refractivity contribution < 1.29 is 4.74 Å². The maximum Gasteiger partial charge on any atom is 0.255 e. The van der Waals surface area contributed by atoms with Crippen LogP contribution in [0.15, 0.2) is 11.1 Å². The van der Waals surface area contributed by atoms with E-state index < -0.39 is 0 Å². The molecule has 0 aromatic carbocycles. The number of ether oxygens (including phenoxy) is 1. The van der Waals surface area contributed by atoms with Crippen LogP contribution in [0, 0.1) is 6.92 Å². The molecule has 1 N–H and O–H groups in total. The molecule has 0 amide bonds. The summed E-state index contributed by atoms with van der Waals surface area (Å²) in [5.41, 5.74) is 1.54. The van der Waals surface area contributed by atoms with Gasteiger partial charge >= 0.3 is 0 Å². The highest BCUT2D eigenvalue weighted by Gasteiger charge is 2.14. The minimum atomic E-state index is -0.0333. The van der Waals surface area contributed by atoms with E-state index in [2.05, 4.69) is 14.9 Å². The van der Waals surface area contributed by atoms with Crippen LogP contribution < -0.4 is 5.56 Å². The van der Waals surface area contributed by atoms with E-state index in [-0.39, 0.29) is 5.56 Å². The van der Waals surface area contributed by atoms with E-state index in [1.165, 1.54) is 6.33 Å². The Balaban J connectivity index is 2.12. The zero-order chi connectivity index (χ0) is 10.7. The molecule has 1 saturated heterocycles. The molecule has 1 aromatic rings. The topological polar surface area (TPSA) is 58.2 Å². The zero-order valence-corrected chi connectivity index (χ0v) is 8.82. The lowest BCUT2D eigenvalue weighted by Gasteiger charge is -2.26. The number of H-pyrrole nitrogens is 1. The summed E-state index contributed by atoms with van der Waals surface area (Å²) >= 11 is 0. The Morgan fingerprint density at radius 3 is 2.93 bits per heavy atom. The van der Waals surface area contributed by atoms with E-state index in [4.69, 9.17) is 4.74 Å². The molecule has 0 aliphatic carbocycles. The Morgan fingerprint density at radius 2 is 2.27 bits per heavy atom. The second-order valence-corrected chi connectivity index (χ2v) is 3.68. The van der Waals surface area contributed by atoms with Gasteiger partial charge in [-0.25, -0.2) is 4.98 Å². The van der Waals surface area contributed by atoms with Gasteiger partial charge in [0.05, 0.1) is 25.1 Å². The van der Waals surface area contributed by atoms with Crippen molar-refractivity contribution in [1.82, 2.24) is 14.9 Å². The van der Waals surface area contributed by atoms with Crippen LogP contribution in [0.4, 0.5) is 0 Å². The van der Waals surface area contributed by atoms with Crippen molar-refractivity contribution in [2.75, 3.05) is 26.3 Å². The molecule has 15 heavy (non-hydrogen) atoms. The molecule has 1 aliphatic rings. The molecule has 1 aromatic heterocycles. The third kappa shape index (κ3) is 2.43. The van der Waals surface area contributed by atoms with Gasteiger partial charge in [-0.3, -0.25) is 9.69 Å². The first-order valence-corrected chi connectivity index (χ1v) is 5.10. The molecule has 0 bridgehead atoms. The molecular weight excluding hydrogens is 194 g/mol. The molecule has 2 heterocycles. The Labute approximate surface area is 88.1 Å². The molecule has 0 unspecified atom stereocenters. The summed E-state index contributed by atoms with van der Waals surface area (Å²) in [5, 5.41) is 0. The lowest BCUT2D eigenvalue weighted by molar-refractivity contribution is 0.0338. The Morgan fingerprint density at radius 1 is 1.53 bits per heavy atom. The summed E-state index contributed by atoms with van der Waals surface area (Å²) in [7, 11) is 0. The van der Waals surface area contributed by atoms with E-state index in [1.807, 2.05) is 6.92 Å². The molecule has 1 fully saturated rings. The highest BCUT2D eigenvalue weighted by Crippen LogP contribution is 2.05. The van der Waals surface area contributed by atoms with E-state index >= 15 is 0 Å². The van der Waals surface area contributed by atoms with Gasteiger partial charge in [0.25, 0.3) is 5.56 Å². The van der Waals surface area contributed by atoms with Crippen molar-refractivity contribution in [1.29, 1.82) is 0 Å². The SMILES string of the molecule is Cc1nc[nH]c(=O)c1CN1CCOCC1. The molecule has 5 heteroatoms. The Bertz CT molecular complexity index is 382. The maximum absolute atomic E-state index is 11.6. The van der Waals surface area contributed by atoms with Crippen molar-refractivity contribution in [3.05, 3.63) is 27.9 Å². The van der Waals surface area contributed by atoms with E-state index in [0.29, 0.717) is 6.54 Å². The van der Waals surface area contributed by atoms with Gasteiger partial charge in [0.15, 0.2) is 0 Å². The summed E-state index contributed by atoms with van der Waals surface area (Å²) < 4.78 is 5.25. The van der Waals surface area contributed by atoms with Crippen molar-refractivity contribution >= 4 is 0 Å². The molecule has 0 radical (unpaired) electrons. The van der Waals surface area contributed by atoms with Gasteiger partial charge in [0, 0.05) is 25.3 Å². The fraction of sp³-hybridized carbons (Fsp3) is 0.600. The van der Waals surface area contributed by atoms with Crippen molar-refractivity contribution in [3.8, 4) is 0 Å². The lowest BCUT2D eigenvalue weighted by Crippen LogP contribution is -2.37. The van der Waals surface area contributed by atoms with Crippen LogP contribution in [0.25, 0.3) is 0 Å². The number of nitrogens with one attached hydrogen (secondary N) is 1. The van der Waals surface area contributed by atoms with Crippen molar-refractivity contribution in [2.45, 2.75) is 13.5 Å². The third-order valence-corrected chi connectivity index (χ3v) is 2.65. The van der Waals surface area contributed by atoms with Gasteiger partial charge in [-0.1, -0.05) is 0 Å². The van der Waals surface area contributed by atoms with Crippen LogP contribution in [0.2, 0.25) is 0 Å². The first kappa shape index (κ1) is 10.3. The number of aromatic nitrogens is 2. The average Bonchev–Trinajstić information content (AvgIpc) is 2.25. The first-order chi connectivity index (χ1) is 7.27. The Kier molecular flexibility index (Phi) is 3.13. The van der Waals surface area contributed by atoms with Gasteiger partial charge in [-0.2, -0.15) is 0 Å². The second-order valence-electron chi connectivity index (χ2n) is 3.68. The summed E-state index contributed by atoms with van der Waals surface area (Å²) in [5.74, 6) is 0. The van der Waals surface area contributed by atoms with Crippen LogP contribution in [-0.2, 0) is 11.3 Å². The number of rotatable bonds is 2. The van der Waals surface area contributed by atoms with Crippen molar-refractivity contribution in [3.63, 3.8) is 0 Å². The zero-order valence-electron chi connectivity index (χ0n) is 8.82. The molecule has 5 nitrogen and oxygen atoms in total. The van der Waals surface area contributed by atoms with Crippen LogP contribution >= 0.6 is 0 Å². The smallest absolute Gasteiger partial charge is 0.255 e. The molecule has 0 saturated carbocycles. The molecule has 0 atom stereocenters. The second kappa shape index (κ2) is 4.55. The highest BCUT2D eigenvalue weighted by atomic mass is 16.5. The van der Waals surface area contributed by atoms with Gasteiger partial charge < -0.3 is 9.72 Å². The minimum Gasteiger partial charge on any atom is -0.379 e. The highest BCUT2D eigenvalue weighted by molar-refractivity contribution is 5.14.